The molecule has 22 heavy (non-hydrogen) atoms. The van der Waals surface area contributed by atoms with Crippen LogP contribution < -0.4 is 5.73 Å². The number of nitrogens with zero attached hydrogens (tertiary/aromatic N) is 3. The lowest BCUT2D eigenvalue weighted by molar-refractivity contribution is -0.134. The number of aryl methyl sites for hydroxylation is 1. The van der Waals surface area contributed by atoms with Crippen LogP contribution in [0.3, 0.4) is 0 Å². The number of rotatable bonds is 3. The zero-order chi connectivity index (χ0) is 15.7. The molecule has 2 N–H and O–H groups in total. The molecule has 1 fully saturated rings. The second kappa shape index (κ2) is 5.79. The summed E-state index contributed by atoms with van der Waals surface area (Å²) in [5, 5.41) is 0. The molecular weight excluding hydrogens is 280 g/mol. The Bertz CT molecular complexity index is 714. The van der Waals surface area contributed by atoms with Gasteiger partial charge in [-0.3, -0.25) is 9.59 Å². The fourth-order valence-electron chi connectivity index (χ4n) is 2.97. The minimum atomic E-state index is -0.261. The van der Waals surface area contributed by atoms with Gasteiger partial charge in [-0.1, -0.05) is 6.07 Å². The highest BCUT2D eigenvalue weighted by Crippen LogP contribution is 2.18. The average Bonchev–Trinajstić information content (AvgIpc) is 2.91. The van der Waals surface area contributed by atoms with Gasteiger partial charge in [0.15, 0.2) is 0 Å². The van der Waals surface area contributed by atoms with Crippen molar-refractivity contribution < 1.29 is 9.59 Å². The topological polar surface area (TPSA) is 80.7 Å². The van der Waals surface area contributed by atoms with Gasteiger partial charge in [-0.2, -0.15) is 0 Å². The van der Waals surface area contributed by atoms with Crippen molar-refractivity contribution in [1.82, 2.24) is 14.3 Å². The number of carbonyl (C=O) groups excluding carboxylic acids is 2. The van der Waals surface area contributed by atoms with Crippen LogP contribution in [-0.4, -0.2) is 39.2 Å². The van der Waals surface area contributed by atoms with Crippen molar-refractivity contribution in [2.24, 2.45) is 11.7 Å². The molecule has 2 aromatic heterocycles. The maximum Gasteiger partial charge on any atom is 0.228 e. The van der Waals surface area contributed by atoms with Crippen LogP contribution in [-0.2, 0) is 16.0 Å². The van der Waals surface area contributed by atoms with E-state index in [2.05, 4.69) is 4.98 Å². The molecule has 0 saturated carbocycles. The van der Waals surface area contributed by atoms with Gasteiger partial charge >= 0.3 is 0 Å². The fraction of sp³-hybridized carbons (Fsp3) is 0.438. The average molecular weight is 300 g/mol. The molecule has 0 radical (unpaired) electrons. The largest absolute Gasteiger partial charge is 0.369 e. The van der Waals surface area contributed by atoms with Gasteiger partial charge in [0.1, 0.15) is 5.65 Å². The smallest absolute Gasteiger partial charge is 0.228 e. The Labute approximate surface area is 128 Å². The van der Waals surface area contributed by atoms with E-state index in [9.17, 15) is 9.59 Å². The van der Waals surface area contributed by atoms with Crippen molar-refractivity contribution in [2.45, 2.75) is 26.2 Å². The third-order valence-corrected chi connectivity index (χ3v) is 4.31. The van der Waals surface area contributed by atoms with Crippen LogP contribution in [0.15, 0.2) is 24.5 Å². The minimum absolute atomic E-state index is 0.0592. The fourth-order valence-corrected chi connectivity index (χ4v) is 2.97. The minimum Gasteiger partial charge on any atom is -0.369 e. The predicted octanol–water partition coefficient (Wildman–Crippen LogP) is 0.909. The van der Waals surface area contributed by atoms with Crippen molar-refractivity contribution >= 4 is 17.5 Å². The van der Waals surface area contributed by atoms with E-state index in [-0.39, 0.29) is 17.7 Å². The van der Waals surface area contributed by atoms with Crippen LogP contribution in [0, 0.1) is 12.8 Å². The molecular formula is C16H20N4O2. The lowest BCUT2D eigenvalue weighted by Crippen LogP contribution is -2.42. The van der Waals surface area contributed by atoms with E-state index in [1.807, 2.05) is 35.9 Å². The highest BCUT2D eigenvalue weighted by Gasteiger charge is 2.26. The van der Waals surface area contributed by atoms with Crippen molar-refractivity contribution in [1.29, 1.82) is 0 Å². The molecule has 1 saturated heterocycles. The molecule has 0 unspecified atom stereocenters. The van der Waals surface area contributed by atoms with Crippen molar-refractivity contribution in [2.75, 3.05) is 13.1 Å². The van der Waals surface area contributed by atoms with Crippen molar-refractivity contribution in [3.63, 3.8) is 0 Å². The van der Waals surface area contributed by atoms with Gasteiger partial charge in [-0.15, -0.1) is 0 Å². The number of nitrogens with two attached hydrogens (primary N) is 1. The Morgan fingerprint density at radius 2 is 2.09 bits per heavy atom. The van der Waals surface area contributed by atoms with Crippen LogP contribution in [0.25, 0.3) is 5.65 Å². The summed E-state index contributed by atoms with van der Waals surface area (Å²) in [5.74, 6) is -0.297. The van der Waals surface area contributed by atoms with Crippen LogP contribution in [0.5, 0.6) is 0 Å². The zero-order valence-electron chi connectivity index (χ0n) is 12.7. The van der Waals surface area contributed by atoms with Gasteiger partial charge in [0, 0.05) is 31.4 Å². The van der Waals surface area contributed by atoms with E-state index in [0.29, 0.717) is 32.4 Å². The maximum atomic E-state index is 12.4. The maximum absolute atomic E-state index is 12.4. The number of amides is 2. The number of imidazole rings is 1. The van der Waals surface area contributed by atoms with E-state index in [1.165, 1.54) is 0 Å². The molecule has 6 nitrogen and oxygen atoms in total. The first-order valence-electron chi connectivity index (χ1n) is 7.55. The molecule has 0 bridgehead atoms. The number of hydrogen-bond donors (Lipinski definition) is 1. The third-order valence-electron chi connectivity index (χ3n) is 4.31. The highest BCUT2D eigenvalue weighted by atomic mass is 16.2. The summed E-state index contributed by atoms with van der Waals surface area (Å²) >= 11 is 0. The molecule has 6 heteroatoms. The quantitative estimate of drug-likeness (QED) is 0.915. The van der Waals surface area contributed by atoms with Crippen molar-refractivity contribution in [3.05, 3.63) is 35.8 Å². The summed E-state index contributed by atoms with van der Waals surface area (Å²) < 4.78 is 1.94. The molecule has 0 aliphatic carbocycles. The Morgan fingerprint density at radius 1 is 1.36 bits per heavy atom. The van der Waals surface area contributed by atoms with Crippen LogP contribution >= 0.6 is 0 Å². The van der Waals surface area contributed by atoms with E-state index >= 15 is 0 Å². The number of likely N-dealkylation sites (tertiary alicyclic amines) is 1. The summed E-state index contributed by atoms with van der Waals surface area (Å²) in [6.45, 7) is 3.19. The molecule has 0 aromatic carbocycles. The molecule has 2 amide bonds. The second-order valence-electron chi connectivity index (χ2n) is 5.89. The number of pyridine rings is 1. The first-order chi connectivity index (χ1) is 10.5. The summed E-state index contributed by atoms with van der Waals surface area (Å²) in [6.07, 6.45) is 5.44. The molecule has 3 heterocycles. The molecule has 0 atom stereocenters. The summed E-state index contributed by atoms with van der Waals surface area (Å²) in [5.41, 5.74) is 8.06. The van der Waals surface area contributed by atoms with E-state index < -0.39 is 0 Å². The van der Waals surface area contributed by atoms with Gasteiger partial charge in [0.2, 0.25) is 11.8 Å². The molecule has 1 aliphatic rings. The Morgan fingerprint density at radius 3 is 2.73 bits per heavy atom. The summed E-state index contributed by atoms with van der Waals surface area (Å²) in [4.78, 5) is 29.9. The Hall–Kier alpha value is -2.37. The zero-order valence-corrected chi connectivity index (χ0v) is 12.7. The molecule has 1 aliphatic heterocycles. The van der Waals surface area contributed by atoms with Gasteiger partial charge in [0.05, 0.1) is 12.1 Å². The van der Waals surface area contributed by atoms with E-state index in [1.54, 1.807) is 4.90 Å². The number of aromatic nitrogens is 2. The van der Waals surface area contributed by atoms with Gasteiger partial charge < -0.3 is 15.0 Å². The monoisotopic (exact) mass is 300 g/mol. The first-order valence-corrected chi connectivity index (χ1v) is 7.55. The third kappa shape index (κ3) is 2.81. The SMILES string of the molecule is Cc1cccn2cc(CC(=O)N3CCC(C(N)=O)CC3)nc12. The normalized spacial score (nSPS) is 16.1. The molecule has 116 valence electrons. The van der Waals surface area contributed by atoms with Crippen molar-refractivity contribution in [3.8, 4) is 0 Å². The van der Waals surface area contributed by atoms with Crippen LogP contribution in [0.4, 0.5) is 0 Å². The number of carbonyl (C=O) groups is 2. The molecule has 2 aromatic rings. The second-order valence-corrected chi connectivity index (χ2v) is 5.89. The lowest BCUT2D eigenvalue weighted by atomic mass is 9.96. The van der Waals surface area contributed by atoms with Gasteiger partial charge in [0.25, 0.3) is 0 Å². The van der Waals surface area contributed by atoms with E-state index in [0.717, 1.165) is 16.9 Å². The Kier molecular flexibility index (Phi) is 3.83. The Balaban J connectivity index is 1.66. The number of primary amides is 1. The highest BCUT2D eigenvalue weighted by molar-refractivity contribution is 5.80. The van der Waals surface area contributed by atoms with Crippen LogP contribution in [0.1, 0.15) is 24.1 Å². The first kappa shape index (κ1) is 14.6. The van der Waals surface area contributed by atoms with E-state index in [4.69, 9.17) is 5.73 Å². The summed E-state index contributed by atoms with van der Waals surface area (Å²) in [7, 11) is 0. The summed E-state index contributed by atoms with van der Waals surface area (Å²) in [6, 6.07) is 3.97. The predicted molar refractivity (Wildman–Crippen MR) is 82.1 cm³/mol. The lowest BCUT2D eigenvalue weighted by Gasteiger charge is -2.30. The van der Waals surface area contributed by atoms with Gasteiger partial charge in [-0.05, 0) is 31.4 Å². The van der Waals surface area contributed by atoms with Crippen LogP contribution in [0.2, 0.25) is 0 Å². The molecule has 0 spiro atoms. The van der Waals surface area contributed by atoms with Gasteiger partial charge in [-0.25, -0.2) is 4.98 Å². The number of fused-ring (bicyclic) bond motifs is 1. The standard InChI is InChI=1S/C16H20N4O2/c1-11-3-2-6-20-10-13(18-16(11)20)9-14(21)19-7-4-12(5-8-19)15(17)22/h2-3,6,10,12H,4-5,7-9H2,1H3,(H2,17,22). The number of piperidine rings is 1. The molecule has 3 rings (SSSR count). The number of hydrogen-bond acceptors (Lipinski definition) is 3.